The maximum atomic E-state index is 12.8. The first-order valence-electron chi connectivity index (χ1n) is 7.87. The molecule has 0 spiro atoms. The number of imidazole rings is 1. The molecule has 1 N–H and O–H groups in total. The smallest absolute Gasteiger partial charge is 0.341 e. The molecule has 0 unspecified atom stereocenters. The summed E-state index contributed by atoms with van der Waals surface area (Å²) in [7, 11) is 0. The minimum absolute atomic E-state index is 0.123. The van der Waals surface area contributed by atoms with E-state index in [9.17, 15) is 22.8 Å². The summed E-state index contributed by atoms with van der Waals surface area (Å²) < 4.78 is 39.7. The van der Waals surface area contributed by atoms with Gasteiger partial charge >= 0.3 is 11.9 Å². The lowest BCUT2D eigenvalue weighted by Gasteiger charge is -2.30. The van der Waals surface area contributed by atoms with E-state index in [1.807, 2.05) is 0 Å². The second kappa shape index (κ2) is 5.97. The Hall–Kier alpha value is -2.62. The zero-order valence-electron chi connectivity index (χ0n) is 13.3. The van der Waals surface area contributed by atoms with Crippen LogP contribution >= 0.6 is 11.3 Å². The first-order chi connectivity index (χ1) is 12.3. The highest BCUT2D eigenvalue weighted by atomic mass is 32.1. The molecule has 26 heavy (non-hydrogen) atoms. The van der Waals surface area contributed by atoms with Crippen LogP contribution < -0.4 is 5.69 Å². The Morgan fingerprint density at radius 2 is 2.08 bits per heavy atom. The fourth-order valence-corrected chi connectivity index (χ4v) is 3.63. The Morgan fingerprint density at radius 3 is 2.69 bits per heavy atom. The number of aromatic nitrogens is 3. The van der Waals surface area contributed by atoms with E-state index in [4.69, 9.17) is 0 Å². The van der Waals surface area contributed by atoms with Crippen molar-refractivity contribution in [3.8, 4) is 10.4 Å². The molecular formula is C16H13F3N4O2S. The molecule has 0 aromatic carbocycles. The van der Waals surface area contributed by atoms with Crippen molar-refractivity contribution >= 4 is 28.4 Å². The summed E-state index contributed by atoms with van der Waals surface area (Å²) in [6, 6.07) is 3.97. The number of carbonyl (C=O) groups is 1. The predicted molar refractivity (Wildman–Crippen MR) is 89.9 cm³/mol. The lowest BCUT2D eigenvalue weighted by molar-refractivity contribution is -0.135. The first-order valence-corrected chi connectivity index (χ1v) is 8.68. The van der Waals surface area contributed by atoms with Gasteiger partial charge in [0, 0.05) is 29.7 Å². The van der Waals surface area contributed by atoms with Crippen molar-refractivity contribution in [3.63, 3.8) is 0 Å². The number of hydrogen-bond donors (Lipinski definition) is 1. The molecule has 1 aliphatic rings. The summed E-state index contributed by atoms with van der Waals surface area (Å²) in [4.78, 5) is 32.3. The van der Waals surface area contributed by atoms with Crippen LogP contribution in [-0.4, -0.2) is 38.4 Å². The van der Waals surface area contributed by atoms with Crippen LogP contribution in [0, 0.1) is 0 Å². The number of aromatic amines is 1. The van der Waals surface area contributed by atoms with Gasteiger partial charge in [0.2, 0.25) is 5.91 Å². The maximum Gasteiger partial charge on any atom is 0.425 e. The summed E-state index contributed by atoms with van der Waals surface area (Å²) in [5.41, 5.74) is 0.675. The number of nitrogens with zero attached hydrogens (tertiary/aromatic N) is 3. The van der Waals surface area contributed by atoms with Gasteiger partial charge in [0.1, 0.15) is 11.4 Å². The van der Waals surface area contributed by atoms with E-state index in [2.05, 4.69) is 9.97 Å². The number of alkyl halides is 3. The minimum Gasteiger partial charge on any atom is -0.341 e. The highest BCUT2D eigenvalue weighted by Crippen LogP contribution is 2.38. The summed E-state index contributed by atoms with van der Waals surface area (Å²) in [6.07, 6.45) is -2.05. The first kappa shape index (κ1) is 16.8. The summed E-state index contributed by atoms with van der Waals surface area (Å²) in [6.45, 7) is 1.23. The van der Waals surface area contributed by atoms with Gasteiger partial charge in [0.25, 0.3) is 0 Å². The third-order valence-corrected chi connectivity index (χ3v) is 5.48. The Labute approximate surface area is 148 Å². The van der Waals surface area contributed by atoms with E-state index in [0.717, 1.165) is 12.5 Å². The predicted octanol–water partition coefficient (Wildman–Crippen LogP) is 2.70. The number of thiophene rings is 1. The summed E-state index contributed by atoms with van der Waals surface area (Å²) in [5, 5.41) is 0. The van der Waals surface area contributed by atoms with Crippen LogP contribution in [0.2, 0.25) is 0 Å². The number of amides is 1. The van der Waals surface area contributed by atoms with Gasteiger partial charge in [-0.15, -0.1) is 11.3 Å². The van der Waals surface area contributed by atoms with E-state index in [1.165, 1.54) is 16.8 Å². The van der Waals surface area contributed by atoms with Crippen molar-refractivity contribution in [2.75, 3.05) is 13.1 Å². The van der Waals surface area contributed by atoms with Gasteiger partial charge in [-0.3, -0.25) is 14.3 Å². The molecule has 1 aliphatic heterocycles. The molecule has 0 radical (unpaired) electrons. The number of halogens is 3. The largest absolute Gasteiger partial charge is 0.425 e. The maximum absolute atomic E-state index is 12.8. The van der Waals surface area contributed by atoms with Crippen LogP contribution in [0.15, 0.2) is 29.2 Å². The molecule has 0 bridgehead atoms. The lowest BCUT2D eigenvalue weighted by Crippen LogP contribution is -2.44. The van der Waals surface area contributed by atoms with Crippen LogP contribution in [0.25, 0.3) is 21.6 Å². The molecular weight excluding hydrogens is 369 g/mol. The van der Waals surface area contributed by atoms with E-state index < -0.39 is 16.7 Å². The summed E-state index contributed by atoms with van der Waals surface area (Å²) >= 11 is 0.608. The molecule has 0 saturated carbocycles. The van der Waals surface area contributed by atoms with Crippen LogP contribution in [0.1, 0.15) is 11.3 Å². The normalized spacial score (nSPS) is 14.7. The van der Waals surface area contributed by atoms with Gasteiger partial charge < -0.3 is 4.90 Å². The number of fused-ring (bicyclic) bond motifs is 1. The Balaban J connectivity index is 1.72. The molecule has 1 fully saturated rings. The van der Waals surface area contributed by atoms with E-state index in [-0.39, 0.29) is 12.5 Å². The number of pyridine rings is 1. The molecule has 1 amide bonds. The molecule has 6 nitrogen and oxygen atoms in total. The molecule has 1 saturated heterocycles. The van der Waals surface area contributed by atoms with Gasteiger partial charge in [0.15, 0.2) is 5.65 Å². The van der Waals surface area contributed by atoms with Gasteiger partial charge in [-0.05, 0) is 24.6 Å². The number of carbonyl (C=O) groups excluding carboxylic acids is 1. The highest BCUT2D eigenvalue weighted by molar-refractivity contribution is 7.15. The number of rotatable bonds is 3. The standard InChI is InChI=1S/C16H13F3N4O2S/c17-16(18,19)12-3-2-11(26-12)9-6-10-14(20-7-9)21-15(25)23(10)8-13(24)22-4-1-5-22/h2-3,6-7H,1,4-5,8H2,(H,20,21,25). The zero-order valence-corrected chi connectivity index (χ0v) is 14.2. The van der Waals surface area contributed by atoms with Crippen LogP contribution in [0.4, 0.5) is 13.2 Å². The van der Waals surface area contributed by atoms with Crippen molar-refractivity contribution < 1.29 is 18.0 Å². The SMILES string of the molecule is O=C(Cn1c(=O)[nH]c2ncc(-c3ccc(C(F)(F)F)s3)cc21)N1CCC1. The Morgan fingerprint density at radius 1 is 1.31 bits per heavy atom. The lowest BCUT2D eigenvalue weighted by atomic mass is 10.2. The Bertz CT molecular complexity index is 1050. The van der Waals surface area contributed by atoms with Crippen molar-refractivity contribution in [1.29, 1.82) is 0 Å². The van der Waals surface area contributed by atoms with Crippen molar-refractivity contribution in [1.82, 2.24) is 19.4 Å². The molecule has 0 aliphatic carbocycles. The van der Waals surface area contributed by atoms with Crippen molar-refractivity contribution in [3.05, 3.63) is 39.8 Å². The number of likely N-dealkylation sites (tertiary alicyclic amines) is 1. The molecule has 3 aromatic heterocycles. The average molecular weight is 382 g/mol. The van der Waals surface area contributed by atoms with Gasteiger partial charge in [0.05, 0.1) is 5.52 Å². The third kappa shape index (κ3) is 2.90. The van der Waals surface area contributed by atoms with Crippen molar-refractivity contribution in [2.45, 2.75) is 19.1 Å². The molecule has 4 heterocycles. The fourth-order valence-electron chi connectivity index (χ4n) is 2.77. The third-order valence-electron chi connectivity index (χ3n) is 4.30. The molecule has 136 valence electrons. The molecule has 3 aromatic rings. The second-order valence-corrected chi connectivity index (χ2v) is 7.09. The van der Waals surface area contributed by atoms with Gasteiger partial charge in [-0.1, -0.05) is 0 Å². The number of nitrogens with one attached hydrogen (secondary N) is 1. The molecule has 4 rings (SSSR count). The number of hydrogen-bond acceptors (Lipinski definition) is 4. The minimum atomic E-state index is -4.40. The molecule has 0 atom stereocenters. The van der Waals surface area contributed by atoms with E-state index >= 15 is 0 Å². The van der Waals surface area contributed by atoms with E-state index in [1.54, 1.807) is 11.0 Å². The van der Waals surface area contributed by atoms with Crippen LogP contribution in [0.5, 0.6) is 0 Å². The van der Waals surface area contributed by atoms with Crippen molar-refractivity contribution in [2.24, 2.45) is 0 Å². The zero-order chi connectivity index (χ0) is 18.5. The number of H-pyrrole nitrogens is 1. The van der Waals surface area contributed by atoms with Gasteiger partial charge in [-0.2, -0.15) is 13.2 Å². The van der Waals surface area contributed by atoms with Crippen LogP contribution in [-0.2, 0) is 17.5 Å². The highest BCUT2D eigenvalue weighted by Gasteiger charge is 2.32. The van der Waals surface area contributed by atoms with Gasteiger partial charge in [-0.25, -0.2) is 9.78 Å². The van der Waals surface area contributed by atoms with E-state index in [0.29, 0.717) is 46.0 Å². The quantitative estimate of drug-likeness (QED) is 0.757. The molecule has 10 heteroatoms. The average Bonchev–Trinajstić information content (AvgIpc) is 3.11. The second-order valence-electron chi connectivity index (χ2n) is 6.00. The summed E-state index contributed by atoms with van der Waals surface area (Å²) in [5.74, 6) is -0.167. The van der Waals surface area contributed by atoms with Crippen LogP contribution in [0.3, 0.4) is 0 Å². The monoisotopic (exact) mass is 382 g/mol. The fraction of sp³-hybridized carbons (Fsp3) is 0.312. The topological polar surface area (TPSA) is 71.0 Å². The Kier molecular flexibility index (Phi) is 3.87.